The summed E-state index contributed by atoms with van der Waals surface area (Å²) < 4.78 is 45.6. The minimum absolute atomic E-state index is 0.184. The predicted molar refractivity (Wildman–Crippen MR) is 130 cm³/mol. The van der Waals surface area contributed by atoms with Crippen molar-refractivity contribution in [3.8, 4) is 0 Å². The fraction of sp³-hybridized carbons (Fsp3) is 0.458. The first kappa shape index (κ1) is 23.7. The third kappa shape index (κ3) is 4.90. The quantitative estimate of drug-likeness (QED) is 0.531. The van der Waals surface area contributed by atoms with Gasteiger partial charge in [-0.25, -0.2) is 13.5 Å². The van der Waals surface area contributed by atoms with E-state index in [0.717, 1.165) is 12.8 Å². The van der Waals surface area contributed by atoms with Crippen LogP contribution in [0.25, 0.3) is 0 Å². The first-order chi connectivity index (χ1) is 15.6. The predicted octanol–water partition coefficient (Wildman–Crippen LogP) is 6.40. The SMILES string of the molecule is CC(C)(C)OC(=O)N1CCC(CCN2c3cccc(F)c3N(c3ccccc3)S2(O)O)CC1. The summed E-state index contributed by atoms with van der Waals surface area (Å²) in [7, 11) is -3.47. The fourth-order valence-electron chi connectivity index (χ4n) is 4.37. The second-order valence-corrected chi connectivity index (χ2v) is 11.3. The van der Waals surface area contributed by atoms with Crippen LogP contribution in [-0.2, 0) is 4.74 Å². The van der Waals surface area contributed by atoms with Crippen LogP contribution >= 0.6 is 11.0 Å². The van der Waals surface area contributed by atoms with Gasteiger partial charge in [-0.3, -0.25) is 13.4 Å². The number of carbonyl (C=O) groups excluding carboxylic acids is 1. The Balaban J connectivity index is 1.45. The van der Waals surface area contributed by atoms with Gasteiger partial charge in [0.05, 0.1) is 11.4 Å². The molecule has 1 saturated heterocycles. The van der Waals surface area contributed by atoms with E-state index < -0.39 is 22.4 Å². The van der Waals surface area contributed by atoms with Crippen molar-refractivity contribution in [2.24, 2.45) is 5.92 Å². The molecule has 2 heterocycles. The number of hydrogen-bond donors (Lipinski definition) is 2. The molecule has 0 spiro atoms. The van der Waals surface area contributed by atoms with Crippen molar-refractivity contribution in [1.29, 1.82) is 0 Å². The van der Waals surface area contributed by atoms with Gasteiger partial charge in [0.15, 0.2) is 5.82 Å². The maximum Gasteiger partial charge on any atom is 0.410 e. The lowest BCUT2D eigenvalue weighted by molar-refractivity contribution is 0.0182. The van der Waals surface area contributed by atoms with Gasteiger partial charge >= 0.3 is 6.09 Å². The van der Waals surface area contributed by atoms with Crippen molar-refractivity contribution >= 4 is 34.1 Å². The molecule has 0 saturated carbocycles. The Morgan fingerprint density at radius 2 is 1.76 bits per heavy atom. The van der Waals surface area contributed by atoms with E-state index in [1.54, 1.807) is 41.3 Å². The summed E-state index contributed by atoms with van der Waals surface area (Å²) in [6.07, 6.45) is 2.03. The zero-order chi connectivity index (χ0) is 23.8. The molecule has 7 nitrogen and oxygen atoms in total. The van der Waals surface area contributed by atoms with Gasteiger partial charge in [0.1, 0.15) is 11.3 Å². The van der Waals surface area contributed by atoms with Crippen molar-refractivity contribution in [2.45, 2.75) is 45.6 Å². The van der Waals surface area contributed by atoms with E-state index in [4.69, 9.17) is 4.74 Å². The Hall–Kier alpha value is -2.49. The van der Waals surface area contributed by atoms with E-state index in [1.165, 1.54) is 14.7 Å². The topological polar surface area (TPSA) is 76.5 Å². The molecule has 4 rings (SSSR count). The van der Waals surface area contributed by atoms with Crippen LogP contribution in [0.15, 0.2) is 48.5 Å². The van der Waals surface area contributed by atoms with Gasteiger partial charge in [0.25, 0.3) is 0 Å². The summed E-state index contributed by atoms with van der Waals surface area (Å²) in [5.74, 6) is -0.175. The van der Waals surface area contributed by atoms with Crippen LogP contribution in [0.3, 0.4) is 0 Å². The lowest BCUT2D eigenvalue weighted by Gasteiger charge is -2.44. The van der Waals surface area contributed by atoms with Crippen LogP contribution in [0.1, 0.15) is 40.0 Å². The third-order valence-electron chi connectivity index (χ3n) is 5.98. The van der Waals surface area contributed by atoms with Crippen LogP contribution < -0.4 is 8.61 Å². The molecule has 9 heteroatoms. The van der Waals surface area contributed by atoms with Gasteiger partial charge in [0.2, 0.25) is 0 Å². The minimum atomic E-state index is -3.47. The molecule has 2 aromatic carbocycles. The first-order valence-corrected chi connectivity index (χ1v) is 12.7. The number of likely N-dealkylation sites (tertiary alicyclic amines) is 1. The maximum absolute atomic E-state index is 14.8. The average molecular weight is 478 g/mol. The molecule has 0 atom stereocenters. The lowest BCUT2D eigenvalue weighted by atomic mass is 9.93. The highest BCUT2D eigenvalue weighted by molar-refractivity contribution is 8.27. The fourth-order valence-corrected chi connectivity index (χ4v) is 6.16. The highest BCUT2D eigenvalue weighted by Crippen LogP contribution is 2.64. The molecular weight excluding hydrogens is 445 g/mol. The number of piperidine rings is 1. The van der Waals surface area contributed by atoms with E-state index >= 15 is 0 Å². The van der Waals surface area contributed by atoms with Gasteiger partial charge in [-0.1, -0.05) is 24.3 Å². The van der Waals surface area contributed by atoms with Crippen molar-refractivity contribution < 1.29 is 23.0 Å². The first-order valence-electron chi connectivity index (χ1n) is 11.3. The lowest BCUT2D eigenvalue weighted by Crippen LogP contribution is -2.42. The summed E-state index contributed by atoms with van der Waals surface area (Å²) in [5, 5.41) is 0. The van der Waals surface area contributed by atoms with Gasteiger partial charge < -0.3 is 9.64 Å². The summed E-state index contributed by atoms with van der Waals surface area (Å²) in [6, 6.07) is 13.5. The van der Waals surface area contributed by atoms with Gasteiger partial charge in [-0.15, -0.1) is 0 Å². The number of hydrogen-bond acceptors (Lipinski definition) is 6. The number of benzene rings is 2. The molecule has 0 unspecified atom stereocenters. The molecule has 180 valence electrons. The second-order valence-electron chi connectivity index (χ2n) is 9.53. The summed E-state index contributed by atoms with van der Waals surface area (Å²) >= 11 is 0. The highest BCUT2D eigenvalue weighted by Gasteiger charge is 2.43. The standard InChI is InChI=1S/C24H32FN3O4S/c1-24(2,3)32-23(29)26-15-12-18(13-16-26)14-17-27-21-11-7-10-20(25)22(21)28(33(27,30)31)19-8-5-4-6-9-19/h4-11,18,30-31H,12-17H2,1-3H3. The third-order valence-corrected chi connectivity index (χ3v) is 7.83. The Morgan fingerprint density at radius 3 is 2.39 bits per heavy atom. The molecule has 1 fully saturated rings. The summed E-state index contributed by atoms with van der Waals surface area (Å²) in [5.41, 5.74) is 0.663. The molecule has 33 heavy (non-hydrogen) atoms. The number of amides is 1. The monoisotopic (exact) mass is 477 g/mol. The molecule has 2 aliphatic heterocycles. The van der Waals surface area contributed by atoms with Crippen molar-refractivity contribution in [2.75, 3.05) is 28.2 Å². The van der Waals surface area contributed by atoms with Gasteiger partial charge in [-0.2, -0.15) is 0 Å². The van der Waals surface area contributed by atoms with E-state index in [-0.39, 0.29) is 11.8 Å². The normalized spacial score (nSPS) is 19.4. The zero-order valence-corrected chi connectivity index (χ0v) is 20.1. The number of fused-ring (bicyclic) bond motifs is 1. The number of carbonyl (C=O) groups is 1. The smallest absolute Gasteiger partial charge is 0.410 e. The van der Waals surface area contributed by atoms with Crippen LogP contribution in [-0.4, -0.2) is 45.3 Å². The number of halogens is 1. The molecule has 1 amide bonds. The van der Waals surface area contributed by atoms with Crippen LogP contribution in [0.2, 0.25) is 0 Å². The molecule has 2 aromatic rings. The molecular formula is C24H32FN3O4S. The van der Waals surface area contributed by atoms with E-state index in [9.17, 15) is 18.3 Å². The zero-order valence-electron chi connectivity index (χ0n) is 19.3. The Morgan fingerprint density at radius 1 is 1.09 bits per heavy atom. The Labute approximate surface area is 196 Å². The Kier molecular flexibility index (Phi) is 6.48. The van der Waals surface area contributed by atoms with E-state index in [0.29, 0.717) is 43.3 Å². The molecule has 0 bridgehead atoms. The van der Waals surface area contributed by atoms with E-state index in [1.807, 2.05) is 26.8 Å². The molecule has 2 N–H and O–H groups in total. The van der Waals surface area contributed by atoms with Gasteiger partial charge in [-0.05, 0) is 81.2 Å². The molecule has 0 aliphatic carbocycles. The second kappa shape index (κ2) is 9.04. The maximum atomic E-state index is 14.8. The molecule has 0 aromatic heterocycles. The number of ether oxygens (including phenoxy) is 1. The highest BCUT2D eigenvalue weighted by atomic mass is 32.3. The van der Waals surface area contributed by atoms with Gasteiger partial charge in [0, 0.05) is 19.6 Å². The summed E-state index contributed by atoms with van der Waals surface area (Å²) in [6.45, 7) is 7.15. The van der Waals surface area contributed by atoms with Crippen LogP contribution in [0, 0.1) is 11.7 Å². The van der Waals surface area contributed by atoms with Crippen molar-refractivity contribution in [3.63, 3.8) is 0 Å². The number of rotatable bonds is 4. The Bertz CT molecular complexity index is 991. The minimum Gasteiger partial charge on any atom is -0.444 e. The largest absolute Gasteiger partial charge is 0.444 e. The van der Waals surface area contributed by atoms with Crippen molar-refractivity contribution in [3.05, 3.63) is 54.3 Å². The number of para-hydroxylation sites is 2. The van der Waals surface area contributed by atoms with E-state index in [2.05, 4.69) is 0 Å². The van der Waals surface area contributed by atoms with Crippen molar-refractivity contribution in [1.82, 2.24) is 4.90 Å². The molecule has 0 radical (unpaired) electrons. The summed E-state index contributed by atoms with van der Waals surface area (Å²) in [4.78, 5) is 14.0. The number of nitrogens with zero attached hydrogens (tertiary/aromatic N) is 3. The van der Waals surface area contributed by atoms with Crippen LogP contribution in [0.4, 0.5) is 26.2 Å². The van der Waals surface area contributed by atoms with Crippen LogP contribution in [0.5, 0.6) is 0 Å². The average Bonchev–Trinajstić information content (AvgIpc) is 2.99. The number of anilines is 3. The molecule has 2 aliphatic rings.